The van der Waals surface area contributed by atoms with Crippen LogP contribution in [0.25, 0.3) is 0 Å². The smallest absolute Gasteiger partial charge is 0.250 e. The molecule has 0 aliphatic carbocycles. The van der Waals surface area contributed by atoms with E-state index in [0.717, 1.165) is 10.2 Å². The summed E-state index contributed by atoms with van der Waals surface area (Å²) in [6, 6.07) is 7.44. The Kier molecular flexibility index (Phi) is 4.50. The van der Waals surface area contributed by atoms with Crippen LogP contribution in [0.4, 0.5) is 5.69 Å². The Morgan fingerprint density at radius 1 is 1.44 bits per heavy atom. The fourth-order valence-corrected chi connectivity index (χ4v) is 1.44. The number of hydrogen-bond donors (Lipinski definition) is 1. The van der Waals surface area contributed by atoms with Crippen molar-refractivity contribution in [3.05, 3.63) is 28.7 Å². The van der Waals surface area contributed by atoms with Gasteiger partial charge in [0.15, 0.2) is 0 Å². The number of benzene rings is 1. The van der Waals surface area contributed by atoms with Crippen LogP contribution in [-0.2, 0) is 9.53 Å². The Labute approximate surface area is 104 Å². The maximum atomic E-state index is 11.5. The van der Waals surface area contributed by atoms with Crippen LogP contribution in [0.3, 0.4) is 0 Å². The van der Waals surface area contributed by atoms with Gasteiger partial charge in [-0.15, -0.1) is 0 Å². The fraction of sp³-hybridized carbons (Fsp3) is 0.417. The van der Waals surface area contributed by atoms with Gasteiger partial charge in [0.05, 0.1) is 5.60 Å². The van der Waals surface area contributed by atoms with Crippen LogP contribution in [0.2, 0.25) is 0 Å². The van der Waals surface area contributed by atoms with Gasteiger partial charge in [0.25, 0.3) is 0 Å². The average molecular weight is 286 g/mol. The fourth-order valence-electron chi connectivity index (χ4n) is 1.05. The summed E-state index contributed by atoms with van der Waals surface area (Å²) in [5.74, 6) is -0.145. The summed E-state index contributed by atoms with van der Waals surface area (Å²) < 4.78 is 6.30. The molecule has 88 valence electrons. The second kappa shape index (κ2) is 5.46. The third-order valence-electron chi connectivity index (χ3n) is 1.74. The molecular weight excluding hydrogens is 270 g/mol. The van der Waals surface area contributed by atoms with Gasteiger partial charge in [-0.25, -0.2) is 0 Å². The van der Waals surface area contributed by atoms with Crippen molar-refractivity contribution in [2.45, 2.75) is 26.4 Å². The normalized spacial score (nSPS) is 11.2. The lowest BCUT2D eigenvalue weighted by atomic mass is 10.2. The minimum Gasteiger partial charge on any atom is -0.366 e. The highest BCUT2D eigenvalue weighted by Crippen LogP contribution is 2.15. The monoisotopic (exact) mass is 285 g/mol. The Hall–Kier alpha value is -0.870. The number of anilines is 1. The Balaban J connectivity index is 2.46. The molecule has 0 spiro atoms. The van der Waals surface area contributed by atoms with Gasteiger partial charge in [-0.2, -0.15) is 0 Å². The lowest BCUT2D eigenvalue weighted by Gasteiger charge is -2.18. The SMILES string of the molecule is CC(C)(C)OCC(=O)Nc1cccc(Br)c1. The molecule has 0 radical (unpaired) electrons. The summed E-state index contributed by atoms with van der Waals surface area (Å²) in [5.41, 5.74) is 0.464. The molecule has 1 N–H and O–H groups in total. The molecule has 0 heterocycles. The van der Waals surface area contributed by atoms with Crippen LogP contribution in [0.1, 0.15) is 20.8 Å². The molecule has 3 nitrogen and oxygen atoms in total. The van der Waals surface area contributed by atoms with E-state index >= 15 is 0 Å². The topological polar surface area (TPSA) is 38.3 Å². The zero-order chi connectivity index (χ0) is 12.2. The lowest BCUT2D eigenvalue weighted by Crippen LogP contribution is -2.27. The predicted molar refractivity (Wildman–Crippen MR) is 68.5 cm³/mol. The van der Waals surface area contributed by atoms with Crippen LogP contribution in [-0.4, -0.2) is 18.1 Å². The standard InChI is InChI=1S/C12H16BrNO2/c1-12(2,3)16-8-11(15)14-10-6-4-5-9(13)7-10/h4-7H,8H2,1-3H3,(H,14,15). The summed E-state index contributed by atoms with van der Waals surface area (Å²) in [6.45, 7) is 5.81. The van der Waals surface area contributed by atoms with E-state index in [-0.39, 0.29) is 18.1 Å². The molecule has 0 saturated carbocycles. The molecule has 0 saturated heterocycles. The van der Waals surface area contributed by atoms with Gasteiger partial charge in [-0.3, -0.25) is 4.79 Å². The highest BCUT2D eigenvalue weighted by Gasteiger charge is 2.12. The average Bonchev–Trinajstić information content (AvgIpc) is 2.14. The Bertz CT molecular complexity index is 372. The van der Waals surface area contributed by atoms with Crippen LogP contribution in [0.15, 0.2) is 28.7 Å². The predicted octanol–water partition coefficient (Wildman–Crippen LogP) is 3.20. The molecule has 4 heteroatoms. The van der Waals surface area contributed by atoms with E-state index in [9.17, 15) is 4.79 Å². The van der Waals surface area contributed by atoms with E-state index in [1.165, 1.54) is 0 Å². The van der Waals surface area contributed by atoms with Gasteiger partial charge in [-0.05, 0) is 39.0 Å². The maximum Gasteiger partial charge on any atom is 0.250 e. The molecule has 1 aromatic rings. The van der Waals surface area contributed by atoms with E-state index in [2.05, 4.69) is 21.2 Å². The molecule has 1 aromatic carbocycles. The van der Waals surface area contributed by atoms with Crippen molar-refractivity contribution < 1.29 is 9.53 Å². The molecule has 0 aliphatic heterocycles. The minimum absolute atomic E-state index is 0.0655. The first kappa shape index (κ1) is 13.2. The number of carbonyl (C=O) groups is 1. The third kappa shape index (κ3) is 5.28. The maximum absolute atomic E-state index is 11.5. The summed E-state index contributed by atoms with van der Waals surface area (Å²) >= 11 is 3.34. The molecule has 0 fully saturated rings. The molecular formula is C12H16BrNO2. The molecule has 1 amide bonds. The summed E-state index contributed by atoms with van der Waals surface area (Å²) in [5, 5.41) is 2.76. The molecule has 0 unspecified atom stereocenters. The van der Waals surface area contributed by atoms with Crippen molar-refractivity contribution in [3.8, 4) is 0 Å². The first-order valence-electron chi connectivity index (χ1n) is 5.06. The van der Waals surface area contributed by atoms with E-state index < -0.39 is 0 Å². The van der Waals surface area contributed by atoms with Crippen molar-refractivity contribution >= 4 is 27.5 Å². The molecule has 16 heavy (non-hydrogen) atoms. The third-order valence-corrected chi connectivity index (χ3v) is 2.24. The van der Waals surface area contributed by atoms with Crippen molar-refractivity contribution in [3.63, 3.8) is 0 Å². The highest BCUT2D eigenvalue weighted by atomic mass is 79.9. The van der Waals surface area contributed by atoms with Crippen LogP contribution in [0.5, 0.6) is 0 Å². The molecule has 1 rings (SSSR count). The van der Waals surface area contributed by atoms with Gasteiger partial charge in [0.2, 0.25) is 5.91 Å². The second-order valence-electron chi connectivity index (χ2n) is 4.46. The molecule has 0 aromatic heterocycles. The van der Waals surface area contributed by atoms with Crippen molar-refractivity contribution in [1.82, 2.24) is 0 Å². The highest BCUT2D eigenvalue weighted by molar-refractivity contribution is 9.10. The Morgan fingerprint density at radius 2 is 2.12 bits per heavy atom. The first-order chi connectivity index (χ1) is 7.37. The quantitative estimate of drug-likeness (QED) is 0.926. The number of ether oxygens (including phenoxy) is 1. The van der Waals surface area contributed by atoms with Gasteiger partial charge in [0.1, 0.15) is 6.61 Å². The van der Waals surface area contributed by atoms with E-state index in [0.29, 0.717) is 0 Å². The van der Waals surface area contributed by atoms with Crippen molar-refractivity contribution in [2.75, 3.05) is 11.9 Å². The minimum atomic E-state index is -0.297. The summed E-state index contributed by atoms with van der Waals surface area (Å²) in [7, 11) is 0. The lowest BCUT2D eigenvalue weighted by molar-refractivity contribution is -0.125. The number of nitrogens with one attached hydrogen (secondary N) is 1. The van der Waals surface area contributed by atoms with Crippen LogP contribution < -0.4 is 5.32 Å². The molecule has 0 bridgehead atoms. The zero-order valence-electron chi connectivity index (χ0n) is 9.71. The van der Waals surface area contributed by atoms with Gasteiger partial charge < -0.3 is 10.1 Å². The van der Waals surface area contributed by atoms with E-state index in [4.69, 9.17) is 4.74 Å². The number of carbonyl (C=O) groups excluding carboxylic acids is 1. The van der Waals surface area contributed by atoms with Crippen molar-refractivity contribution in [2.24, 2.45) is 0 Å². The number of hydrogen-bond acceptors (Lipinski definition) is 2. The summed E-state index contributed by atoms with van der Waals surface area (Å²) in [6.07, 6.45) is 0. The van der Waals surface area contributed by atoms with Gasteiger partial charge in [-0.1, -0.05) is 22.0 Å². The number of halogens is 1. The Morgan fingerprint density at radius 3 is 2.69 bits per heavy atom. The van der Waals surface area contributed by atoms with E-state index in [1.54, 1.807) is 0 Å². The first-order valence-corrected chi connectivity index (χ1v) is 5.85. The summed E-state index contributed by atoms with van der Waals surface area (Å²) in [4.78, 5) is 11.5. The van der Waals surface area contributed by atoms with E-state index in [1.807, 2.05) is 45.0 Å². The zero-order valence-corrected chi connectivity index (χ0v) is 11.3. The van der Waals surface area contributed by atoms with Crippen LogP contribution in [0, 0.1) is 0 Å². The second-order valence-corrected chi connectivity index (χ2v) is 5.38. The number of amides is 1. The van der Waals surface area contributed by atoms with Crippen molar-refractivity contribution in [1.29, 1.82) is 0 Å². The molecule has 0 atom stereocenters. The van der Waals surface area contributed by atoms with Gasteiger partial charge in [0, 0.05) is 10.2 Å². The number of rotatable bonds is 3. The largest absolute Gasteiger partial charge is 0.366 e. The van der Waals surface area contributed by atoms with Gasteiger partial charge >= 0.3 is 0 Å². The molecule has 0 aliphatic rings. The van der Waals surface area contributed by atoms with Crippen LogP contribution >= 0.6 is 15.9 Å².